The van der Waals surface area contributed by atoms with E-state index in [1.165, 1.54) is 29.8 Å². The van der Waals surface area contributed by atoms with Crippen LogP contribution in [0.3, 0.4) is 0 Å². The number of nitrogens with zero attached hydrogens (tertiary/aromatic N) is 7. The number of nitrogens with one attached hydrogen (secondary N) is 1. The zero-order valence-corrected chi connectivity index (χ0v) is 37.7. The fraction of sp³-hybridized carbons (Fsp3) is 0.500. The first kappa shape index (κ1) is 42.7. The van der Waals surface area contributed by atoms with Crippen LogP contribution in [-0.4, -0.2) is 120 Å². The molecule has 7 aliphatic rings. The van der Waals surface area contributed by atoms with Crippen LogP contribution in [0.2, 0.25) is 0 Å². The highest BCUT2D eigenvalue weighted by atomic mass is 16.7. The normalized spacial score (nSPS) is 24.4. The number of hydrogen-bond acceptors (Lipinski definition) is 13. The first-order valence-corrected chi connectivity index (χ1v) is 24.1. The number of carbonyl (C=O) groups is 2. The lowest BCUT2D eigenvalue weighted by Gasteiger charge is -2.46. The van der Waals surface area contributed by atoms with Gasteiger partial charge in [0.25, 0.3) is 0 Å². The molecule has 2 unspecified atom stereocenters. The zero-order chi connectivity index (χ0) is 45.1. The largest absolute Gasteiger partial charge is 0.507 e. The number of amides is 3. The summed E-state index contributed by atoms with van der Waals surface area (Å²) >= 11 is 0. The quantitative estimate of drug-likeness (QED) is 0.132. The number of rotatable bonds is 10. The van der Waals surface area contributed by atoms with E-state index in [4.69, 9.17) is 31.7 Å². The van der Waals surface area contributed by atoms with Crippen LogP contribution in [0, 0.1) is 5.92 Å². The van der Waals surface area contributed by atoms with Gasteiger partial charge in [-0.3, -0.25) is 15.0 Å². The van der Waals surface area contributed by atoms with Crippen molar-refractivity contribution in [2.24, 2.45) is 23.1 Å². The Morgan fingerprint density at radius 3 is 2.26 bits per heavy atom. The van der Waals surface area contributed by atoms with E-state index in [1.807, 2.05) is 6.07 Å². The summed E-state index contributed by atoms with van der Waals surface area (Å²) in [5.41, 5.74) is 26.1. The van der Waals surface area contributed by atoms with Crippen LogP contribution in [0.1, 0.15) is 80.9 Å². The van der Waals surface area contributed by atoms with E-state index >= 15 is 0 Å². The molecule has 1 spiro atoms. The third-order valence-electron chi connectivity index (χ3n) is 15.4. The van der Waals surface area contributed by atoms with E-state index in [9.17, 15) is 14.7 Å². The topological polar surface area (TPSA) is 197 Å². The third kappa shape index (κ3) is 8.27. The summed E-state index contributed by atoms with van der Waals surface area (Å²) in [5, 5.41) is 13.9. The molecule has 2 aromatic heterocycles. The number of aromatic hydroxyl groups is 1. The molecule has 8 heterocycles. The van der Waals surface area contributed by atoms with Gasteiger partial charge in [0.1, 0.15) is 17.2 Å². The van der Waals surface area contributed by atoms with Crippen molar-refractivity contribution in [2.75, 3.05) is 80.3 Å². The molecule has 3 amide bonds. The number of phenols is 1. The number of carbonyl (C=O) groups excluding carboxylic acids is 2. The van der Waals surface area contributed by atoms with Gasteiger partial charge in [0.15, 0.2) is 5.79 Å². The average Bonchev–Trinajstić information content (AvgIpc) is 4.05. The second-order valence-electron chi connectivity index (χ2n) is 19.7. The van der Waals surface area contributed by atoms with Gasteiger partial charge in [0, 0.05) is 118 Å². The Balaban J connectivity index is 0.663. The minimum absolute atomic E-state index is 0.0156. The van der Waals surface area contributed by atoms with Gasteiger partial charge in [-0.25, -0.2) is 9.78 Å². The van der Waals surface area contributed by atoms with Crippen LogP contribution in [-0.2, 0) is 14.3 Å². The molecule has 6 saturated heterocycles. The summed E-state index contributed by atoms with van der Waals surface area (Å²) < 4.78 is 15.5. The lowest BCUT2D eigenvalue weighted by atomic mass is 9.94. The molecule has 7 fully saturated rings. The van der Waals surface area contributed by atoms with Gasteiger partial charge in [-0.2, -0.15) is 0 Å². The van der Waals surface area contributed by atoms with Gasteiger partial charge >= 0.3 is 6.03 Å². The van der Waals surface area contributed by atoms with Crippen LogP contribution >= 0.6 is 0 Å². The number of imide groups is 1. The maximum Gasteiger partial charge on any atom is 0.328 e. The Hall–Kier alpha value is -5.97. The molecule has 4 aromatic rings. The van der Waals surface area contributed by atoms with Crippen molar-refractivity contribution in [3.8, 4) is 5.75 Å². The summed E-state index contributed by atoms with van der Waals surface area (Å²) in [7, 11) is 0. The molecule has 16 heteroatoms. The number of piperidine rings is 2. The lowest BCUT2D eigenvalue weighted by Crippen LogP contribution is -2.54. The van der Waals surface area contributed by atoms with Crippen LogP contribution in [0.25, 0.3) is 16.7 Å². The molecule has 1 saturated carbocycles. The number of pyridine rings is 1. The fourth-order valence-electron chi connectivity index (χ4n) is 11.6. The monoisotopic (exact) mass is 898 g/mol. The maximum absolute atomic E-state index is 12.6. The Morgan fingerprint density at radius 2 is 1.56 bits per heavy atom. The second-order valence-corrected chi connectivity index (χ2v) is 19.7. The van der Waals surface area contributed by atoms with Gasteiger partial charge in [0.05, 0.1) is 36.8 Å². The number of phenolic OH excluding ortho intramolecular Hbond substituents is 1. The Morgan fingerprint density at radius 1 is 0.833 bits per heavy atom. The first-order valence-electron chi connectivity index (χ1n) is 24.1. The number of likely N-dealkylation sites (tertiary alicyclic amines) is 2. The SMILES string of the molecule is NC(N)=C(/C=C(\N)c1ccccc1O)N1CC2CCC(C1)N2c1cccc(N2CCC(CN3CCC4(CC3)OCC(n3cc(C5CC5)c5cc(N6CCC(=O)NC6=O)cnc53)CO4)CC2)c1. The van der Waals surface area contributed by atoms with E-state index in [0.717, 1.165) is 95.4 Å². The van der Waals surface area contributed by atoms with Gasteiger partial charge in [-0.05, 0) is 98.4 Å². The second kappa shape index (κ2) is 17.4. The summed E-state index contributed by atoms with van der Waals surface area (Å²) in [5.74, 6) is 0.735. The highest BCUT2D eigenvalue weighted by Gasteiger charge is 2.43. The smallest absolute Gasteiger partial charge is 0.328 e. The van der Waals surface area contributed by atoms with Crippen molar-refractivity contribution in [3.63, 3.8) is 0 Å². The molecule has 1 aliphatic carbocycles. The summed E-state index contributed by atoms with van der Waals surface area (Å²) in [6.45, 7) is 8.23. The molecule has 2 bridgehead atoms. The number of piperazine rings is 1. The van der Waals surface area contributed by atoms with E-state index in [2.05, 4.69) is 66.0 Å². The zero-order valence-electron chi connectivity index (χ0n) is 37.7. The summed E-state index contributed by atoms with van der Waals surface area (Å²) in [6.07, 6.45) is 14.6. The highest BCUT2D eigenvalue weighted by Crippen LogP contribution is 2.46. The number of aromatic nitrogens is 2. The van der Waals surface area contributed by atoms with Crippen molar-refractivity contribution >= 4 is 45.7 Å². The van der Waals surface area contributed by atoms with Gasteiger partial charge in [-0.1, -0.05) is 18.2 Å². The minimum atomic E-state index is -0.537. The van der Waals surface area contributed by atoms with Gasteiger partial charge in [0.2, 0.25) is 5.91 Å². The summed E-state index contributed by atoms with van der Waals surface area (Å²) in [4.78, 5) is 40.9. The number of benzene rings is 2. The number of nitrogens with two attached hydrogens (primary N) is 3. The van der Waals surface area contributed by atoms with Crippen molar-refractivity contribution in [2.45, 2.75) is 87.6 Å². The molecule has 66 heavy (non-hydrogen) atoms. The highest BCUT2D eigenvalue weighted by molar-refractivity contribution is 6.06. The predicted molar refractivity (Wildman–Crippen MR) is 254 cm³/mol. The number of urea groups is 1. The van der Waals surface area contributed by atoms with Crippen molar-refractivity contribution < 1.29 is 24.2 Å². The van der Waals surface area contributed by atoms with Crippen molar-refractivity contribution in [1.82, 2.24) is 24.7 Å². The van der Waals surface area contributed by atoms with Crippen LogP contribution < -0.4 is 37.2 Å². The molecule has 6 aliphatic heterocycles. The maximum atomic E-state index is 12.6. The molecule has 16 nitrogen and oxygen atoms in total. The Bertz CT molecular complexity index is 2530. The number of fused-ring (bicyclic) bond motifs is 3. The molecule has 2 atom stereocenters. The van der Waals surface area contributed by atoms with Crippen LogP contribution in [0.4, 0.5) is 21.9 Å². The molecule has 348 valence electrons. The standard InChI is InChI=1S/C50H63N11O5/c51-43(40-6-1-2-7-45(40)62)24-44(47(52)53)58-27-36-10-11-37(28-58)61(36)35-5-3-4-34(22-35)57-17-12-32(13-18-57)26-56-20-15-50(16-21-56)65-30-39(31-66-50)60-29-42(33-8-9-33)41-23-38(25-54-48(41)60)59-19-14-46(63)55-49(59)64/h1-7,22-25,29,32-33,36-37,39,62H,8-21,26-28,30-31,51-53H2,(H,55,63,64)/b43-24-. The first-order chi connectivity index (χ1) is 32.1. The number of para-hydroxylation sites is 1. The van der Waals surface area contributed by atoms with Crippen molar-refractivity contribution in [3.05, 3.63) is 95.7 Å². The fourth-order valence-corrected chi connectivity index (χ4v) is 11.6. The Kier molecular flexibility index (Phi) is 11.2. The lowest BCUT2D eigenvalue weighted by molar-refractivity contribution is -0.295. The Labute approximate surface area is 385 Å². The number of anilines is 3. The number of allylic oxidation sites excluding steroid dienone is 1. The molecule has 0 radical (unpaired) electrons. The molecular formula is C50H63N11O5. The van der Waals surface area contributed by atoms with Gasteiger partial charge in [-0.15, -0.1) is 0 Å². The average molecular weight is 898 g/mol. The van der Waals surface area contributed by atoms with Crippen molar-refractivity contribution in [1.29, 1.82) is 0 Å². The molecule has 11 rings (SSSR count). The van der Waals surface area contributed by atoms with Gasteiger partial charge < -0.3 is 55.9 Å². The van der Waals surface area contributed by atoms with Crippen LogP contribution in [0.15, 0.2) is 84.6 Å². The van der Waals surface area contributed by atoms with E-state index in [1.54, 1.807) is 35.4 Å². The molecular weight excluding hydrogens is 835 g/mol. The number of ether oxygens (including phenoxy) is 2. The van der Waals surface area contributed by atoms with E-state index in [0.29, 0.717) is 66.3 Å². The van der Waals surface area contributed by atoms with E-state index in [-0.39, 0.29) is 29.9 Å². The molecule has 2 aromatic carbocycles. The third-order valence-corrected chi connectivity index (χ3v) is 15.4. The number of hydrogen-bond donors (Lipinski definition) is 5. The predicted octanol–water partition coefficient (Wildman–Crippen LogP) is 5.10. The minimum Gasteiger partial charge on any atom is -0.507 e. The van der Waals surface area contributed by atoms with Crippen LogP contribution in [0.5, 0.6) is 5.75 Å². The molecule has 8 N–H and O–H groups in total. The summed E-state index contributed by atoms with van der Waals surface area (Å²) in [6, 6.07) is 18.5. The van der Waals surface area contributed by atoms with E-state index < -0.39 is 11.8 Å².